The smallest absolute Gasteiger partial charge is 0.410 e. The SMILES string of the molecule is CSc1nc(N2CC3CCC(C2)N3C(=O)OC(C)(C)C)c2c(F)c(I)c(Br)c(F)c2n1. The molecule has 0 N–H and O–H groups in total. The second-order valence-corrected chi connectivity index (χ2v) is 11.3. The van der Waals surface area contributed by atoms with Gasteiger partial charge in [-0.25, -0.2) is 23.5 Å². The summed E-state index contributed by atoms with van der Waals surface area (Å²) in [6.07, 6.45) is 3.13. The lowest BCUT2D eigenvalue weighted by Gasteiger charge is -2.42. The van der Waals surface area contributed by atoms with Crippen molar-refractivity contribution in [2.24, 2.45) is 0 Å². The van der Waals surface area contributed by atoms with Gasteiger partial charge in [-0.15, -0.1) is 0 Å². The molecule has 0 saturated carbocycles. The molecule has 2 bridgehead atoms. The van der Waals surface area contributed by atoms with Crippen LogP contribution in [0.25, 0.3) is 10.9 Å². The molecule has 2 unspecified atom stereocenters. The second-order valence-electron chi connectivity index (χ2n) is 8.69. The summed E-state index contributed by atoms with van der Waals surface area (Å²) in [6.45, 7) is 6.48. The fraction of sp³-hybridized carbons (Fsp3) is 0.550. The molecule has 31 heavy (non-hydrogen) atoms. The Labute approximate surface area is 205 Å². The summed E-state index contributed by atoms with van der Waals surface area (Å²) >= 11 is 6.19. The van der Waals surface area contributed by atoms with Gasteiger partial charge >= 0.3 is 6.09 Å². The van der Waals surface area contributed by atoms with Crippen molar-refractivity contribution in [3.63, 3.8) is 0 Å². The Bertz CT molecular complexity index is 1050. The van der Waals surface area contributed by atoms with Gasteiger partial charge in [0, 0.05) is 13.1 Å². The number of piperazine rings is 1. The molecule has 168 valence electrons. The number of anilines is 1. The highest BCUT2D eigenvalue weighted by Gasteiger charge is 2.45. The Kier molecular flexibility index (Phi) is 6.32. The highest BCUT2D eigenvalue weighted by Crippen LogP contribution is 2.40. The van der Waals surface area contributed by atoms with Crippen LogP contribution in [0.5, 0.6) is 0 Å². The summed E-state index contributed by atoms with van der Waals surface area (Å²) in [7, 11) is 0. The van der Waals surface area contributed by atoms with Gasteiger partial charge in [0.25, 0.3) is 0 Å². The summed E-state index contributed by atoms with van der Waals surface area (Å²) < 4.78 is 36.1. The summed E-state index contributed by atoms with van der Waals surface area (Å²) in [5.74, 6) is -0.777. The number of benzene rings is 1. The zero-order valence-electron chi connectivity index (χ0n) is 17.5. The normalized spacial score (nSPS) is 21.2. The number of hydrogen-bond donors (Lipinski definition) is 0. The van der Waals surface area contributed by atoms with Gasteiger partial charge in [0.2, 0.25) is 0 Å². The summed E-state index contributed by atoms with van der Waals surface area (Å²) in [5, 5.41) is 0.448. The Morgan fingerprint density at radius 3 is 2.35 bits per heavy atom. The third-order valence-electron chi connectivity index (χ3n) is 5.44. The predicted octanol–water partition coefficient (Wildman–Crippen LogP) is 5.59. The lowest BCUT2D eigenvalue weighted by atomic mass is 10.1. The Hall–Kier alpha value is -0.950. The molecular weight excluding hydrogens is 605 g/mol. The van der Waals surface area contributed by atoms with E-state index in [1.165, 1.54) is 11.8 Å². The maximum Gasteiger partial charge on any atom is 0.410 e. The lowest BCUT2D eigenvalue weighted by Crippen LogP contribution is -2.57. The molecule has 1 aromatic carbocycles. The number of carbonyl (C=O) groups excluding carboxylic acids is 1. The number of aromatic nitrogens is 2. The van der Waals surface area contributed by atoms with E-state index in [1.54, 1.807) is 33.7 Å². The highest BCUT2D eigenvalue weighted by molar-refractivity contribution is 14.1. The molecule has 2 fully saturated rings. The first kappa shape index (κ1) is 23.2. The van der Waals surface area contributed by atoms with Crippen LogP contribution in [0.15, 0.2) is 9.63 Å². The van der Waals surface area contributed by atoms with Crippen molar-refractivity contribution < 1.29 is 18.3 Å². The molecule has 4 rings (SSSR count). The van der Waals surface area contributed by atoms with Crippen LogP contribution in [0, 0.1) is 15.2 Å². The van der Waals surface area contributed by atoms with Crippen molar-refractivity contribution in [3.8, 4) is 0 Å². The van der Waals surface area contributed by atoms with E-state index >= 15 is 4.39 Å². The molecule has 2 aromatic rings. The van der Waals surface area contributed by atoms with Crippen molar-refractivity contribution in [2.75, 3.05) is 24.2 Å². The van der Waals surface area contributed by atoms with E-state index in [9.17, 15) is 9.18 Å². The third kappa shape index (κ3) is 4.21. The molecule has 2 aliphatic heterocycles. The van der Waals surface area contributed by atoms with Gasteiger partial charge < -0.3 is 9.64 Å². The van der Waals surface area contributed by atoms with Gasteiger partial charge in [-0.2, -0.15) is 0 Å². The Balaban J connectivity index is 1.75. The number of fused-ring (bicyclic) bond motifs is 3. The van der Waals surface area contributed by atoms with Crippen LogP contribution in [-0.4, -0.2) is 58.0 Å². The molecule has 6 nitrogen and oxygen atoms in total. The zero-order valence-corrected chi connectivity index (χ0v) is 22.1. The third-order valence-corrected chi connectivity index (χ3v) is 8.49. The number of nitrogens with zero attached hydrogens (tertiary/aromatic N) is 4. The van der Waals surface area contributed by atoms with Crippen LogP contribution in [0.2, 0.25) is 0 Å². The number of carbonyl (C=O) groups is 1. The Morgan fingerprint density at radius 1 is 1.19 bits per heavy atom. The Morgan fingerprint density at radius 2 is 1.81 bits per heavy atom. The van der Waals surface area contributed by atoms with Gasteiger partial charge in [-0.3, -0.25) is 4.90 Å². The van der Waals surface area contributed by atoms with Gasteiger partial charge in [0.05, 0.1) is 25.5 Å². The first-order chi connectivity index (χ1) is 14.5. The minimum absolute atomic E-state index is 0.0407. The fourth-order valence-electron chi connectivity index (χ4n) is 4.21. The topological polar surface area (TPSA) is 58.6 Å². The molecule has 3 heterocycles. The van der Waals surface area contributed by atoms with Crippen molar-refractivity contribution in [1.82, 2.24) is 14.9 Å². The van der Waals surface area contributed by atoms with Crippen LogP contribution in [-0.2, 0) is 4.74 Å². The fourth-order valence-corrected chi connectivity index (χ4v) is 5.43. The first-order valence-corrected chi connectivity index (χ1v) is 13.0. The standard InChI is InChI=1S/C20H22BrF2IN4O2S/c1-20(2,3)30-19(29)28-9-5-6-10(28)8-27(7-9)17-11-13(22)15(24)12(21)14(23)16(11)25-18(26-17)31-4/h9-10H,5-8H2,1-4H3. The first-order valence-electron chi connectivity index (χ1n) is 9.85. The molecule has 0 spiro atoms. The lowest BCUT2D eigenvalue weighted by molar-refractivity contribution is 0.0123. The van der Waals surface area contributed by atoms with E-state index in [0.29, 0.717) is 24.1 Å². The van der Waals surface area contributed by atoms with Gasteiger partial charge in [0.1, 0.15) is 16.9 Å². The largest absolute Gasteiger partial charge is 0.444 e. The second kappa shape index (κ2) is 8.44. The van der Waals surface area contributed by atoms with Gasteiger partial charge in [-0.1, -0.05) is 11.8 Å². The average molecular weight is 627 g/mol. The maximum atomic E-state index is 15.3. The van der Waals surface area contributed by atoms with E-state index in [-0.39, 0.29) is 37.1 Å². The number of rotatable bonds is 2. The van der Waals surface area contributed by atoms with Crippen LogP contribution in [0.3, 0.4) is 0 Å². The molecule has 1 aromatic heterocycles. The van der Waals surface area contributed by atoms with Crippen LogP contribution in [0.4, 0.5) is 19.4 Å². The van der Waals surface area contributed by atoms with Crippen LogP contribution >= 0.6 is 50.3 Å². The van der Waals surface area contributed by atoms with Crippen LogP contribution in [0.1, 0.15) is 33.6 Å². The minimum Gasteiger partial charge on any atom is -0.444 e. The molecule has 2 saturated heterocycles. The molecule has 1 amide bonds. The van der Waals surface area contributed by atoms with E-state index in [0.717, 1.165) is 12.8 Å². The van der Waals surface area contributed by atoms with Crippen molar-refractivity contribution in [1.29, 1.82) is 0 Å². The van der Waals surface area contributed by atoms with E-state index < -0.39 is 17.2 Å². The number of halogens is 4. The number of thioether (sulfide) groups is 1. The van der Waals surface area contributed by atoms with Crippen molar-refractivity contribution in [3.05, 3.63) is 19.7 Å². The van der Waals surface area contributed by atoms with Crippen LogP contribution < -0.4 is 4.90 Å². The highest BCUT2D eigenvalue weighted by atomic mass is 127. The number of amides is 1. The van der Waals surface area contributed by atoms with Crippen molar-refractivity contribution >= 4 is 73.1 Å². The molecule has 0 radical (unpaired) electrons. The van der Waals surface area contributed by atoms with Crippen molar-refractivity contribution in [2.45, 2.75) is 56.5 Å². The maximum absolute atomic E-state index is 15.3. The molecular formula is C20H22BrF2IN4O2S. The monoisotopic (exact) mass is 626 g/mol. The number of ether oxygens (including phenoxy) is 1. The molecule has 0 aliphatic carbocycles. The molecule has 2 aliphatic rings. The summed E-state index contributed by atoms with van der Waals surface area (Å²) in [6, 6.07) is -0.141. The molecule has 11 heteroatoms. The van der Waals surface area contributed by atoms with E-state index in [2.05, 4.69) is 25.9 Å². The zero-order chi connectivity index (χ0) is 22.7. The van der Waals surface area contributed by atoms with Gasteiger partial charge in [0.15, 0.2) is 16.8 Å². The quantitative estimate of drug-likeness (QED) is 0.143. The predicted molar refractivity (Wildman–Crippen MR) is 129 cm³/mol. The summed E-state index contributed by atoms with van der Waals surface area (Å²) in [4.78, 5) is 25.3. The van der Waals surface area contributed by atoms with E-state index in [4.69, 9.17) is 4.74 Å². The molecule has 2 atom stereocenters. The number of hydrogen-bond acceptors (Lipinski definition) is 6. The minimum atomic E-state index is -0.602. The summed E-state index contributed by atoms with van der Waals surface area (Å²) in [5.41, 5.74) is -0.616. The average Bonchev–Trinajstić information content (AvgIpc) is 2.98. The van der Waals surface area contributed by atoms with Gasteiger partial charge in [-0.05, 0) is 78.4 Å². The van der Waals surface area contributed by atoms with E-state index in [1.807, 2.05) is 25.7 Å².